The number of hydrogen-bond donors (Lipinski definition) is 2. The molecule has 1 aromatic rings. The molecule has 0 radical (unpaired) electrons. The van der Waals surface area contributed by atoms with Crippen LogP contribution < -0.4 is 5.32 Å². The van der Waals surface area contributed by atoms with E-state index in [1.807, 2.05) is 26.0 Å². The molecule has 24 heavy (non-hydrogen) atoms. The van der Waals surface area contributed by atoms with Crippen molar-refractivity contribution in [2.75, 3.05) is 0 Å². The highest BCUT2D eigenvalue weighted by atomic mass is 35.5. The Balaban J connectivity index is 1.77. The van der Waals surface area contributed by atoms with E-state index in [1.165, 1.54) is 11.1 Å². The van der Waals surface area contributed by atoms with E-state index in [9.17, 15) is 14.7 Å². The Morgan fingerprint density at radius 3 is 2.25 bits per heavy atom. The van der Waals surface area contributed by atoms with Crippen molar-refractivity contribution >= 4 is 23.5 Å². The Labute approximate surface area is 146 Å². The molecule has 4 nitrogen and oxygen atoms in total. The number of carbonyl (C=O) groups is 2. The molecule has 0 saturated heterocycles. The fourth-order valence-electron chi connectivity index (χ4n) is 4.51. The summed E-state index contributed by atoms with van der Waals surface area (Å²) in [5.41, 5.74) is 3.32. The predicted molar refractivity (Wildman–Crippen MR) is 92.5 cm³/mol. The van der Waals surface area contributed by atoms with Gasteiger partial charge in [0.25, 0.3) is 0 Å². The molecule has 0 aliphatic heterocycles. The number of aliphatic carboxylic acids is 1. The van der Waals surface area contributed by atoms with Gasteiger partial charge in [0.2, 0.25) is 5.91 Å². The van der Waals surface area contributed by atoms with E-state index in [1.54, 1.807) is 12.1 Å². The molecule has 4 atom stereocenters. The van der Waals surface area contributed by atoms with Crippen LogP contribution >= 0.6 is 11.6 Å². The molecule has 128 valence electrons. The lowest BCUT2D eigenvalue weighted by Crippen LogP contribution is -2.41. The highest BCUT2D eigenvalue weighted by Crippen LogP contribution is 2.57. The van der Waals surface area contributed by atoms with Crippen LogP contribution in [-0.4, -0.2) is 17.0 Å². The van der Waals surface area contributed by atoms with Gasteiger partial charge < -0.3 is 10.4 Å². The zero-order chi connectivity index (χ0) is 17.4. The van der Waals surface area contributed by atoms with Crippen LogP contribution in [0.15, 0.2) is 35.4 Å². The number of benzene rings is 1. The Kier molecular flexibility index (Phi) is 4.68. The number of carboxylic acid groups (broad SMARTS) is 1. The van der Waals surface area contributed by atoms with Crippen LogP contribution in [0, 0.1) is 23.7 Å². The number of amides is 1. The van der Waals surface area contributed by atoms with Crippen LogP contribution in [0.3, 0.4) is 0 Å². The number of rotatable bonds is 4. The molecule has 0 heterocycles. The molecule has 5 heteroatoms. The monoisotopic (exact) mass is 347 g/mol. The average molecular weight is 348 g/mol. The van der Waals surface area contributed by atoms with Crippen LogP contribution in [0.1, 0.15) is 32.3 Å². The molecule has 2 fully saturated rings. The lowest BCUT2D eigenvalue weighted by atomic mass is 9.78. The van der Waals surface area contributed by atoms with Gasteiger partial charge in [0.15, 0.2) is 0 Å². The third-order valence-corrected chi connectivity index (χ3v) is 5.64. The molecule has 2 aliphatic carbocycles. The van der Waals surface area contributed by atoms with Crippen LogP contribution in [0.4, 0.5) is 0 Å². The zero-order valence-corrected chi connectivity index (χ0v) is 14.6. The highest BCUT2D eigenvalue weighted by Gasteiger charge is 2.57. The number of allylic oxidation sites excluding steroid dienone is 2. The quantitative estimate of drug-likeness (QED) is 0.817. The zero-order valence-electron chi connectivity index (χ0n) is 13.9. The summed E-state index contributed by atoms with van der Waals surface area (Å²) in [6.07, 6.45) is 1.79. The van der Waals surface area contributed by atoms with E-state index >= 15 is 0 Å². The molecule has 3 rings (SSSR count). The average Bonchev–Trinajstić information content (AvgIpc) is 3.10. The van der Waals surface area contributed by atoms with E-state index in [2.05, 4.69) is 5.32 Å². The van der Waals surface area contributed by atoms with Crippen molar-refractivity contribution in [3.63, 3.8) is 0 Å². The van der Waals surface area contributed by atoms with Gasteiger partial charge in [0.1, 0.15) is 0 Å². The van der Waals surface area contributed by atoms with Crippen molar-refractivity contribution in [3.05, 3.63) is 46.0 Å². The second kappa shape index (κ2) is 6.60. The van der Waals surface area contributed by atoms with Gasteiger partial charge in [-0.05, 0) is 56.2 Å². The number of fused-ring (bicyclic) bond motifs is 2. The van der Waals surface area contributed by atoms with Gasteiger partial charge in [-0.2, -0.15) is 0 Å². The predicted octanol–water partition coefficient (Wildman–Crippen LogP) is 3.65. The maximum atomic E-state index is 12.7. The van der Waals surface area contributed by atoms with Gasteiger partial charge >= 0.3 is 5.97 Å². The fourth-order valence-corrected chi connectivity index (χ4v) is 4.64. The van der Waals surface area contributed by atoms with E-state index in [-0.39, 0.29) is 17.7 Å². The Bertz CT molecular complexity index is 691. The maximum Gasteiger partial charge on any atom is 0.307 e. The van der Waals surface area contributed by atoms with E-state index < -0.39 is 17.8 Å². The Hall–Kier alpha value is -1.81. The van der Waals surface area contributed by atoms with Crippen LogP contribution in [0.5, 0.6) is 0 Å². The minimum absolute atomic E-state index is 0.0174. The molecule has 1 amide bonds. The number of carbonyl (C=O) groups excluding carboxylic acids is 1. The SMILES string of the molecule is CC(C)=C1[C@H]2CC[C@@H]1[C@@H](C(=O)NCc1ccc(Cl)cc1)[C@H]2C(=O)O. The standard InChI is InChI=1S/C19H22ClNO3/c1-10(2)15-13-7-8-14(15)17(19(23)24)16(13)18(22)21-9-11-3-5-12(20)6-4-11/h3-6,13-14,16-17H,7-9H2,1-2H3,(H,21,22)(H,23,24)/t13-,14+,16+,17-/m0/s1. The van der Waals surface area contributed by atoms with Gasteiger partial charge in [-0.1, -0.05) is 34.9 Å². The topological polar surface area (TPSA) is 66.4 Å². The normalized spacial score (nSPS) is 28.0. The minimum atomic E-state index is -0.854. The van der Waals surface area contributed by atoms with E-state index in [0.29, 0.717) is 11.6 Å². The summed E-state index contributed by atoms with van der Waals surface area (Å²) in [6, 6.07) is 7.28. The molecular weight excluding hydrogens is 326 g/mol. The Morgan fingerprint density at radius 2 is 1.71 bits per heavy atom. The van der Waals surface area contributed by atoms with Crippen LogP contribution in [-0.2, 0) is 16.1 Å². The summed E-state index contributed by atoms with van der Waals surface area (Å²) >= 11 is 5.86. The summed E-state index contributed by atoms with van der Waals surface area (Å²) in [7, 11) is 0. The first-order valence-electron chi connectivity index (χ1n) is 8.32. The van der Waals surface area contributed by atoms with Crippen molar-refractivity contribution in [3.8, 4) is 0 Å². The fraction of sp³-hybridized carbons (Fsp3) is 0.474. The first kappa shape index (κ1) is 17.0. The van der Waals surface area contributed by atoms with Gasteiger partial charge in [-0.15, -0.1) is 0 Å². The summed E-state index contributed by atoms with van der Waals surface area (Å²) in [5.74, 6) is -1.97. The third kappa shape index (κ3) is 2.95. The number of halogens is 1. The summed E-state index contributed by atoms with van der Waals surface area (Å²) in [5, 5.41) is 13.2. The third-order valence-electron chi connectivity index (χ3n) is 5.39. The largest absolute Gasteiger partial charge is 0.481 e. The van der Waals surface area contributed by atoms with Gasteiger partial charge in [0.05, 0.1) is 11.8 Å². The Morgan fingerprint density at radius 1 is 1.12 bits per heavy atom. The number of hydrogen-bond acceptors (Lipinski definition) is 2. The maximum absolute atomic E-state index is 12.7. The van der Waals surface area contributed by atoms with Crippen LogP contribution in [0.25, 0.3) is 0 Å². The van der Waals surface area contributed by atoms with Gasteiger partial charge in [-0.25, -0.2) is 0 Å². The lowest BCUT2D eigenvalue weighted by Gasteiger charge is -2.26. The molecule has 1 aromatic carbocycles. The van der Waals surface area contributed by atoms with Crippen LogP contribution in [0.2, 0.25) is 5.02 Å². The highest BCUT2D eigenvalue weighted by molar-refractivity contribution is 6.30. The van der Waals surface area contributed by atoms with E-state index in [4.69, 9.17) is 11.6 Å². The summed E-state index contributed by atoms with van der Waals surface area (Å²) < 4.78 is 0. The molecule has 2 N–H and O–H groups in total. The molecule has 2 aliphatic rings. The van der Waals surface area contributed by atoms with Crippen molar-refractivity contribution < 1.29 is 14.7 Å². The molecule has 0 unspecified atom stereocenters. The molecular formula is C19H22ClNO3. The van der Waals surface area contributed by atoms with Crippen molar-refractivity contribution in [1.29, 1.82) is 0 Å². The minimum Gasteiger partial charge on any atom is -0.481 e. The molecule has 2 bridgehead atoms. The van der Waals surface area contributed by atoms with Crippen molar-refractivity contribution in [2.45, 2.75) is 33.2 Å². The smallest absolute Gasteiger partial charge is 0.307 e. The first-order valence-corrected chi connectivity index (χ1v) is 8.70. The van der Waals surface area contributed by atoms with Crippen molar-refractivity contribution in [1.82, 2.24) is 5.32 Å². The number of nitrogens with one attached hydrogen (secondary N) is 1. The van der Waals surface area contributed by atoms with Gasteiger partial charge in [0, 0.05) is 11.6 Å². The summed E-state index contributed by atoms with van der Waals surface area (Å²) in [6.45, 7) is 4.43. The second-order valence-corrected chi connectivity index (χ2v) is 7.42. The van der Waals surface area contributed by atoms with Crippen molar-refractivity contribution in [2.24, 2.45) is 23.7 Å². The summed E-state index contributed by atoms with van der Waals surface area (Å²) in [4.78, 5) is 24.5. The first-order chi connectivity index (χ1) is 11.4. The number of carboxylic acids is 1. The molecule has 0 spiro atoms. The second-order valence-electron chi connectivity index (χ2n) is 6.98. The van der Waals surface area contributed by atoms with E-state index in [0.717, 1.165) is 18.4 Å². The van der Waals surface area contributed by atoms with Gasteiger partial charge in [-0.3, -0.25) is 9.59 Å². The molecule has 2 saturated carbocycles. The lowest BCUT2D eigenvalue weighted by molar-refractivity contribution is -0.149. The molecule has 0 aromatic heterocycles.